The van der Waals surface area contributed by atoms with E-state index in [2.05, 4.69) is 53.2 Å². The highest BCUT2D eigenvalue weighted by Crippen LogP contribution is 2.26. The van der Waals surface area contributed by atoms with Crippen LogP contribution in [0.2, 0.25) is 0 Å². The van der Waals surface area contributed by atoms with Crippen LogP contribution >= 0.6 is 27.7 Å². The van der Waals surface area contributed by atoms with Crippen molar-refractivity contribution in [2.75, 3.05) is 0 Å². The Morgan fingerprint density at radius 3 is 2.46 bits per heavy atom. The van der Waals surface area contributed by atoms with Crippen molar-refractivity contribution >= 4 is 27.7 Å². The maximum Gasteiger partial charge on any atom is 0.169 e. The predicted octanol–water partition coefficient (Wildman–Crippen LogP) is 3.73. The molecule has 0 amide bonds. The van der Waals surface area contributed by atoms with E-state index in [4.69, 9.17) is 0 Å². The zero-order valence-electron chi connectivity index (χ0n) is 8.41. The van der Waals surface area contributed by atoms with E-state index < -0.39 is 0 Å². The molecule has 0 atom stereocenters. The lowest BCUT2D eigenvalue weighted by atomic mass is 10.4. The molecule has 1 aromatic rings. The van der Waals surface area contributed by atoms with Crippen LogP contribution in [-0.4, -0.2) is 14.8 Å². The van der Waals surface area contributed by atoms with Gasteiger partial charge in [0, 0.05) is 17.5 Å². The highest BCUT2D eigenvalue weighted by atomic mass is 79.9. The fourth-order valence-electron chi connectivity index (χ4n) is 1.02. The van der Waals surface area contributed by atoms with Crippen LogP contribution in [0.5, 0.6) is 0 Å². The molecule has 0 bridgehead atoms. The van der Waals surface area contributed by atoms with E-state index in [0.717, 1.165) is 9.76 Å². The van der Waals surface area contributed by atoms with Gasteiger partial charge in [-0.25, -0.2) is 4.98 Å². The van der Waals surface area contributed by atoms with Crippen molar-refractivity contribution in [3.8, 4) is 0 Å². The smallest absolute Gasteiger partial charge is 0.169 e. The number of hydrogen-bond donors (Lipinski definition) is 0. The molecule has 0 saturated heterocycles. The van der Waals surface area contributed by atoms with Crippen molar-refractivity contribution in [3.05, 3.63) is 10.8 Å². The molecule has 0 aliphatic heterocycles. The summed E-state index contributed by atoms with van der Waals surface area (Å²) < 4.78 is 3.11. The first kappa shape index (κ1) is 11.1. The van der Waals surface area contributed by atoms with Crippen molar-refractivity contribution in [3.63, 3.8) is 0 Å². The van der Waals surface area contributed by atoms with Gasteiger partial charge in [-0.2, -0.15) is 0 Å². The van der Waals surface area contributed by atoms with Crippen molar-refractivity contribution in [1.82, 2.24) is 9.55 Å². The molecule has 0 aliphatic carbocycles. The SMILES string of the molecule is CC(C)Sc1nc(Br)cn1C(C)C. The van der Waals surface area contributed by atoms with Gasteiger partial charge in [-0.1, -0.05) is 25.6 Å². The van der Waals surface area contributed by atoms with Gasteiger partial charge >= 0.3 is 0 Å². The second kappa shape index (κ2) is 4.51. The quantitative estimate of drug-likeness (QED) is 0.773. The molecule has 0 spiro atoms. The highest BCUT2D eigenvalue weighted by molar-refractivity contribution is 9.10. The Balaban J connectivity index is 2.91. The van der Waals surface area contributed by atoms with E-state index in [1.807, 2.05) is 6.20 Å². The molecule has 13 heavy (non-hydrogen) atoms. The van der Waals surface area contributed by atoms with E-state index in [9.17, 15) is 0 Å². The number of halogens is 1. The van der Waals surface area contributed by atoms with E-state index in [1.165, 1.54) is 0 Å². The Morgan fingerprint density at radius 2 is 2.00 bits per heavy atom. The van der Waals surface area contributed by atoms with Gasteiger partial charge in [-0.05, 0) is 29.8 Å². The lowest BCUT2D eigenvalue weighted by molar-refractivity contribution is 0.549. The Morgan fingerprint density at radius 1 is 1.38 bits per heavy atom. The first-order valence-electron chi connectivity index (χ1n) is 4.41. The summed E-state index contributed by atoms with van der Waals surface area (Å²) in [6.45, 7) is 8.69. The Bertz CT molecular complexity index is 281. The minimum atomic E-state index is 0.472. The topological polar surface area (TPSA) is 17.8 Å². The zero-order valence-corrected chi connectivity index (χ0v) is 10.8. The summed E-state index contributed by atoms with van der Waals surface area (Å²) in [5.41, 5.74) is 0. The fourth-order valence-corrected chi connectivity index (χ4v) is 2.48. The molecule has 0 aliphatic rings. The molecule has 4 heteroatoms. The predicted molar refractivity (Wildman–Crippen MR) is 61.3 cm³/mol. The summed E-state index contributed by atoms with van der Waals surface area (Å²) in [6.07, 6.45) is 2.04. The van der Waals surface area contributed by atoms with Crippen molar-refractivity contribution < 1.29 is 0 Å². The van der Waals surface area contributed by atoms with E-state index >= 15 is 0 Å². The first-order valence-corrected chi connectivity index (χ1v) is 6.09. The molecule has 2 nitrogen and oxygen atoms in total. The van der Waals surface area contributed by atoms with E-state index in [0.29, 0.717) is 11.3 Å². The molecule has 0 saturated carbocycles. The molecule has 1 rings (SSSR count). The third-order valence-corrected chi connectivity index (χ3v) is 2.93. The van der Waals surface area contributed by atoms with Crippen LogP contribution in [0.3, 0.4) is 0 Å². The van der Waals surface area contributed by atoms with Crippen LogP contribution in [-0.2, 0) is 0 Å². The van der Waals surface area contributed by atoms with Gasteiger partial charge in [0.15, 0.2) is 5.16 Å². The largest absolute Gasteiger partial charge is 0.322 e. The monoisotopic (exact) mass is 262 g/mol. The summed E-state index contributed by atoms with van der Waals surface area (Å²) >= 11 is 5.19. The number of imidazole rings is 1. The van der Waals surface area contributed by atoms with Crippen LogP contribution in [0.1, 0.15) is 33.7 Å². The van der Waals surface area contributed by atoms with Crippen LogP contribution in [0.25, 0.3) is 0 Å². The standard InChI is InChI=1S/C9H15BrN2S/c1-6(2)12-5-8(10)11-9(12)13-7(3)4/h5-7H,1-4H3. The van der Waals surface area contributed by atoms with Crippen LogP contribution in [0.4, 0.5) is 0 Å². The van der Waals surface area contributed by atoms with Gasteiger partial charge in [0.2, 0.25) is 0 Å². The maximum absolute atomic E-state index is 4.41. The summed E-state index contributed by atoms with van der Waals surface area (Å²) in [5.74, 6) is 0. The molecule has 1 aromatic heterocycles. The number of rotatable bonds is 3. The van der Waals surface area contributed by atoms with E-state index in [-0.39, 0.29) is 0 Å². The normalized spacial score (nSPS) is 11.6. The van der Waals surface area contributed by atoms with Gasteiger partial charge in [-0.15, -0.1) is 0 Å². The van der Waals surface area contributed by atoms with Crippen LogP contribution < -0.4 is 0 Å². The molecule has 74 valence electrons. The van der Waals surface area contributed by atoms with Crippen LogP contribution in [0, 0.1) is 0 Å². The highest BCUT2D eigenvalue weighted by Gasteiger charge is 2.10. The third-order valence-electron chi connectivity index (χ3n) is 1.57. The van der Waals surface area contributed by atoms with Gasteiger partial charge in [0.1, 0.15) is 4.60 Å². The van der Waals surface area contributed by atoms with E-state index in [1.54, 1.807) is 11.8 Å². The minimum Gasteiger partial charge on any atom is -0.322 e. The zero-order chi connectivity index (χ0) is 10.0. The average molecular weight is 263 g/mol. The lowest BCUT2D eigenvalue weighted by Crippen LogP contribution is -2.02. The second-order valence-corrected chi connectivity index (χ2v) is 5.87. The number of hydrogen-bond acceptors (Lipinski definition) is 2. The van der Waals surface area contributed by atoms with Crippen molar-refractivity contribution in [2.45, 2.75) is 44.1 Å². The Labute approximate surface area is 92.3 Å². The van der Waals surface area contributed by atoms with Gasteiger partial charge in [0.25, 0.3) is 0 Å². The van der Waals surface area contributed by atoms with Gasteiger partial charge < -0.3 is 4.57 Å². The summed E-state index contributed by atoms with van der Waals surface area (Å²) in [7, 11) is 0. The lowest BCUT2D eigenvalue weighted by Gasteiger charge is -2.11. The number of aromatic nitrogens is 2. The van der Waals surface area contributed by atoms with Crippen LogP contribution in [0.15, 0.2) is 16.0 Å². The number of thioether (sulfide) groups is 1. The molecule has 0 unspecified atom stereocenters. The fraction of sp³-hybridized carbons (Fsp3) is 0.667. The average Bonchev–Trinajstić information content (AvgIpc) is 2.29. The van der Waals surface area contributed by atoms with Gasteiger partial charge in [0.05, 0.1) is 0 Å². The number of nitrogens with zero attached hydrogens (tertiary/aromatic N) is 2. The molecule has 0 aromatic carbocycles. The first-order chi connectivity index (χ1) is 6.00. The molecule has 1 heterocycles. The Hall–Kier alpha value is 0.0400. The minimum absolute atomic E-state index is 0.472. The molecular weight excluding hydrogens is 248 g/mol. The molecule has 0 fully saturated rings. The third kappa shape index (κ3) is 3.02. The molecular formula is C9H15BrN2S. The van der Waals surface area contributed by atoms with Crippen molar-refractivity contribution in [1.29, 1.82) is 0 Å². The molecule has 0 N–H and O–H groups in total. The molecule has 0 radical (unpaired) electrons. The van der Waals surface area contributed by atoms with Gasteiger partial charge in [-0.3, -0.25) is 0 Å². The van der Waals surface area contributed by atoms with Crippen molar-refractivity contribution in [2.24, 2.45) is 0 Å². The summed E-state index contributed by atoms with van der Waals surface area (Å²) in [4.78, 5) is 4.41. The summed E-state index contributed by atoms with van der Waals surface area (Å²) in [5, 5.41) is 1.67. The maximum atomic E-state index is 4.41. The summed E-state index contributed by atoms with van der Waals surface area (Å²) in [6, 6.07) is 0.472. The second-order valence-electron chi connectivity index (χ2n) is 3.51. The Kier molecular flexibility index (Phi) is 3.86.